The van der Waals surface area contributed by atoms with E-state index in [2.05, 4.69) is 10.1 Å². The Labute approximate surface area is 52.1 Å². The van der Waals surface area contributed by atoms with E-state index >= 15 is 0 Å². The van der Waals surface area contributed by atoms with E-state index in [9.17, 15) is 4.79 Å². The van der Waals surface area contributed by atoms with E-state index in [-0.39, 0.29) is 11.7 Å². The van der Waals surface area contributed by atoms with Gasteiger partial charge < -0.3 is 15.2 Å². The Balaban J connectivity index is 2.68. The van der Waals surface area contributed by atoms with Crippen LogP contribution in [0.2, 0.25) is 0 Å². The van der Waals surface area contributed by atoms with Crippen molar-refractivity contribution in [3.63, 3.8) is 0 Å². The topological polar surface area (TPSA) is 58.6 Å². The third-order valence-corrected chi connectivity index (χ3v) is 1.03. The Hall–Kier alpha value is -1.03. The van der Waals surface area contributed by atoms with Gasteiger partial charge in [0.2, 0.25) is 0 Å². The predicted octanol–water partition coefficient (Wildman–Crippen LogP) is -1.04. The van der Waals surface area contributed by atoms with Gasteiger partial charge in [0, 0.05) is 6.08 Å². The van der Waals surface area contributed by atoms with E-state index in [1.165, 1.54) is 13.2 Å². The highest BCUT2D eigenvalue weighted by atomic mass is 16.5. The fourth-order valence-corrected chi connectivity index (χ4v) is 0.627. The molecule has 1 heterocycles. The zero-order valence-electron chi connectivity index (χ0n) is 4.92. The summed E-state index contributed by atoms with van der Waals surface area (Å²) in [6.45, 7) is 0. The molecule has 4 nitrogen and oxygen atoms in total. The molecule has 0 saturated carbocycles. The summed E-state index contributed by atoms with van der Waals surface area (Å²) in [5.41, 5.74) is 0. The molecule has 0 saturated heterocycles. The first kappa shape index (κ1) is 6.10. The van der Waals surface area contributed by atoms with Gasteiger partial charge in [-0.1, -0.05) is 0 Å². The molecule has 1 amide bonds. The number of nitrogens with one attached hydrogen (secondary N) is 1. The molecule has 0 aromatic heterocycles. The SMILES string of the molecule is COC1=CC(O)NC1=O. The number of rotatable bonds is 1. The van der Waals surface area contributed by atoms with Crippen molar-refractivity contribution in [2.45, 2.75) is 6.23 Å². The van der Waals surface area contributed by atoms with Crippen molar-refractivity contribution >= 4 is 5.91 Å². The van der Waals surface area contributed by atoms with Crippen molar-refractivity contribution in [2.24, 2.45) is 0 Å². The maximum Gasteiger partial charge on any atom is 0.288 e. The van der Waals surface area contributed by atoms with E-state index in [0.29, 0.717) is 0 Å². The minimum atomic E-state index is -0.882. The lowest BCUT2D eigenvalue weighted by molar-refractivity contribution is -0.120. The Morgan fingerprint density at radius 3 is 2.78 bits per heavy atom. The summed E-state index contributed by atoms with van der Waals surface area (Å²) in [5, 5.41) is 10.9. The van der Waals surface area contributed by atoms with Crippen LogP contribution in [-0.2, 0) is 9.53 Å². The highest BCUT2D eigenvalue weighted by Gasteiger charge is 2.20. The maximum atomic E-state index is 10.6. The Morgan fingerprint density at radius 1 is 1.89 bits per heavy atom. The molecule has 1 atom stereocenters. The molecule has 0 spiro atoms. The third-order valence-electron chi connectivity index (χ3n) is 1.03. The second-order valence-corrected chi connectivity index (χ2v) is 1.65. The number of aliphatic hydroxyl groups excluding tert-OH is 1. The van der Waals surface area contributed by atoms with Crippen LogP contribution in [0.25, 0.3) is 0 Å². The minimum Gasteiger partial charge on any atom is -0.491 e. The molecule has 0 aliphatic carbocycles. The van der Waals surface area contributed by atoms with Gasteiger partial charge in [0.25, 0.3) is 5.91 Å². The van der Waals surface area contributed by atoms with Crippen LogP contribution < -0.4 is 5.32 Å². The lowest BCUT2D eigenvalue weighted by Gasteiger charge is -1.96. The van der Waals surface area contributed by atoms with Crippen LogP contribution in [0.4, 0.5) is 0 Å². The lowest BCUT2D eigenvalue weighted by Crippen LogP contribution is -2.26. The summed E-state index contributed by atoms with van der Waals surface area (Å²) in [6.07, 6.45) is 0.426. The highest BCUT2D eigenvalue weighted by Crippen LogP contribution is 2.03. The van der Waals surface area contributed by atoms with E-state index < -0.39 is 6.23 Å². The van der Waals surface area contributed by atoms with Crippen LogP contribution >= 0.6 is 0 Å². The van der Waals surface area contributed by atoms with Gasteiger partial charge in [-0.05, 0) is 0 Å². The van der Waals surface area contributed by atoms with Crippen LogP contribution in [-0.4, -0.2) is 24.4 Å². The summed E-state index contributed by atoms with van der Waals surface area (Å²) in [7, 11) is 1.38. The fourth-order valence-electron chi connectivity index (χ4n) is 0.627. The molecule has 0 aromatic carbocycles. The largest absolute Gasteiger partial charge is 0.491 e. The van der Waals surface area contributed by atoms with Crippen molar-refractivity contribution in [1.29, 1.82) is 0 Å². The Kier molecular flexibility index (Phi) is 1.40. The van der Waals surface area contributed by atoms with E-state index in [4.69, 9.17) is 5.11 Å². The smallest absolute Gasteiger partial charge is 0.288 e. The number of methoxy groups -OCH3 is 1. The average molecular weight is 129 g/mol. The molecule has 1 aliphatic heterocycles. The van der Waals surface area contributed by atoms with E-state index in [1.54, 1.807) is 0 Å². The first-order chi connectivity index (χ1) is 4.24. The van der Waals surface area contributed by atoms with E-state index in [1.807, 2.05) is 0 Å². The summed E-state index contributed by atoms with van der Waals surface area (Å²) >= 11 is 0. The molecule has 1 aliphatic rings. The number of ether oxygens (including phenoxy) is 1. The molecule has 2 N–H and O–H groups in total. The number of aliphatic hydroxyl groups is 1. The number of carbonyl (C=O) groups excluding carboxylic acids is 1. The van der Waals surface area contributed by atoms with Gasteiger partial charge in [0.15, 0.2) is 5.76 Å². The van der Waals surface area contributed by atoms with Crippen LogP contribution in [0.1, 0.15) is 0 Å². The third kappa shape index (κ3) is 1.02. The van der Waals surface area contributed by atoms with Crippen molar-refractivity contribution in [3.8, 4) is 0 Å². The fraction of sp³-hybridized carbons (Fsp3) is 0.400. The molecule has 9 heavy (non-hydrogen) atoms. The van der Waals surface area contributed by atoms with Crippen LogP contribution in [0.3, 0.4) is 0 Å². The van der Waals surface area contributed by atoms with Crippen molar-refractivity contribution in [2.75, 3.05) is 7.11 Å². The molecular formula is C5H7NO3. The summed E-state index contributed by atoms with van der Waals surface area (Å²) in [4.78, 5) is 10.6. The average Bonchev–Trinajstić information content (AvgIpc) is 2.10. The normalized spacial score (nSPS) is 25.3. The van der Waals surface area contributed by atoms with Crippen LogP contribution in [0.5, 0.6) is 0 Å². The van der Waals surface area contributed by atoms with Gasteiger partial charge in [-0.25, -0.2) is 0 Å². The molecule has 1 rings (SSSR count). The second-order valence-electron chi connectivity index (χ2n) is 1.65. The quantitative estimate of drug-likeness (QED) is 0.475. The van der Waals surface area contributed by atoms with Gasteiger partial charge in [0.05, 0.1) is 7.11 Å². The number of hydrogen-bond donors (Lipinski definition) is 2. The first-order valence-corrected chi connectivity index (χ1v) is 2.49. The van der Waals surface area contributed by atoms with Crippen molar-refractivity contribution < 1.29 is 14.6 Å². The Morgan fingerprint density at radius 2 is 2.56 bits per heavy atom. The van der Waals surface area contributed by atoms with Gasteiger partial charge in [-0.2, -0.15) is 0 Å². The molecule has 0 fully saturated rings. The van der Waals surface area contributed by atoms with Crippen molar-refractivity contribution in [1.82, 2.24) is 5.32 Å². The molecular weight excluding hydrogens is 122 g/mol. The molecule has 0 radical (unpaired) electrons. The number of hydrogen-bond acceptors (Lipinski definition) is 3. The zero-order chi connectivity index (χ0) is 6.85. The van der Waals surface area contributed by atoms with E-state index in [0.717, 1.165) is 0 Å². The zero-order valence-corrected chi connectivity index (χ0v) is 4.92. The molecule has 0 bridgehead atoms. The van der Waals surface area contributed by atoms with Gasteiger partial charge in [-0.15, -0.1) is 0 Å². The van der Waals surface area contributed by atoms with Gasteiger partial charge in [0.1, 0.15) is 6.23 Å². The van der Waals surface area contributed by atoms with Crippen molar-refractivity contribution in [3.05, 3.63) is 11.8 Å². The maximum absolute atomic E-state index is 10.6. The first-order valence-electron chi connectivity index (χ1n) is 2.49. The van der Waals surface area contributed by atoms with Crippen LogP contribution in [0.15, 0.2) is 11.8 Å². The molecule has 0 aromatic rings. The highest BCUT2D eigenvalue weighted by molar-refractivity contribution is 5.94. The summed E-state index contributed by atoms with van der Waals surface area (Å²) in [5.74, 6) is -0.201. The monoisotopic (exact) mass is 129 g/mol. The van der Waals surface area contributed by atoms with Gasteiger partial charge >= 0.3 is 0 Å². The standard InChI is InChI=1S/C5H7NO3/c1-9-3-2-4(7)6-5(3)8/h2,4,7H,1H3,(H,6,8). The second kappa shape index (κ2) is 2.06. The Bertz CT molecular complexity index is 164. The molecule has 1 unspecified atom stereocenters. The summed E-state index contributed by atoms with van der Waals surface area (Å²) in [6, 6.07) is 0. The molecule has 50 valence electrons. The minimum absolute atomic E-state index is 0.169. The molecule has 4 heteroatoms. The lowest BCUT2D eigenvalue weighted by atomic mass is 10.5. The predicted molar refractivity (Wildman–Crippen MR) is 29.2 cm³/mol. The van der Waals surface area contributed by atoms with Crippen LogP contribution in [0, 0.1) is 0 Å². The number of amides is 1. The number of carbonyl (C=O) groups is 1. The van der Waals surface area contributed by atoms with Gasteiger partial charge in [-0.3, -0.25) is 4.79 Å². The summed E-state index contributed by atoms with van der Waals surface area (Å²) < 4.78 is 4.58.